The van der Waals surface area contributed by atoms with Crippen LogP contribution in [-0.2, 0) is 6.42 Å². The van der Waals surface area contributed by atoms with Crippen LogP contribution in [-0.4, -0.2) is 20.8 Å². The summed E-state index contributed by atoms with van der Waals surface area (Å²) in [5.74, 6) is 1.26. The van der Waals surface area contributed by atoms with E-state index < -0.39 is 6.17 Å². The summed E-state index contributed by atoms with van der Waals surface area (Å²) in [7, 11) is 3.13. The van der Waals surface area contributed by atoms with Crippen molar-refractivity contribution >= 4 is 0 Å². The normalized spacial score (nSPS) is 12.3. The zero-order valence-electron chi connectivity index (χ0n) is 10.6. The monoisotopic (exact) mass is 241 g/mol. The van der Waals surface area contributed by atoms with Gasteiger partial charge < -0.3 is 15.2 Å². The van der Waals surface area contributed by atoms with E-state index in [9.17, 15) is 4.39 Å². The number of methoxy groups -OCH3 is 2. The predicted molar refractivity (Wildman–Crippen MR) is 66.4 cm³/mol. The largest absolute Gasteiger partial charge is 0.496 e. The van der Waals surface area contributed by atoms with Crippen molar-refractivity contribution in [3.8, 4) is 11.5 Å². The summed E-state index contributed by atoms with van der Waals surface area (Å²) in [5.41, 5.74) is 7.00. The summed E-state index contributed by atoms with van der Waals surface area (Å²) in [6.07, 6.45) is 0.587. The first-order valence-corrected chi connectivity index (χ1v) is 5.73. The third kappa shape index (κ3) is 3.33. The molecule has 1 unspecified atom stereocenters. The second kappa shape index (κ2) is 6.45. The first-order chi connectivity index (χ1) is 8.13. The van der Waals surface area contributed by atoms with Crippen molar-refractivity contribution in [2.45, 2.75) is 25.9 Å². The summed E-state index contributed by atoms with van der Waals surface area (Å²) in [6, 6.07) is 3.54. The summed E-state index contributed by atoms with van der Waals surface area (Å²) >= 11 is 0. The summed E-state index contributed by atoms with van der Waals surface area (Å²) < 4.78 is 23.9. The molecular formula is C13H20FNO2. The number of halogens is 1. The Bertz CT molecular complexity index is 367. The Morgan fingerprint density at radius 1 is 1.24 bits per heavy atom. The molecule has 3 nitrogen and oxygen atoms in total. The first kappa shape index (κ1) is 13.8. The highest BCUT2D eigenvalue weighted by Gasteiger charge is 2.15. The van der Waals surface area contributed by atoms with Crippen LogP contribution in [0, 0.1) is 0 Å². The van der Waals surface area contributed by atoms with E-state index >= 15 is 0 Å². The maximum Gasteiger partial charge on any atom is 0.126 e. The van der Waals surface area contributed by atoms with Crippen LogP contribution in [0.3, 0.4) is 0 Å². The minimum Gasteiger partial charge on any atom is -0.496 e. The fourth-order valence-corrected chi connectivity index (χ4v) is 1.78. The Morgan fingerprint density at radius 2 is 1.88 bits per heavy atom. The van der Waals surface area contributed by atoms with Gasteiger partial charge in [-0.25, -0.2) is 4.39 Å². The van der Waals surface area contributed by atoms with Gasteiger partial charge in [-0.1, -0.05) is 0 Å². The molecule has 0 aromatic heterocycles. The Hall–Kier alpha value is -1.29. The Kier molecular flexibility index (Phi) is 5.22. The minimum absolute atomic E-state index is 0.515. The molecule has 0 saturated carbocycles. The van der Waals surface area contributed by atoms with Crippen LogP contribution in [0.2, 0.25) is 0 Å². The molecule has 0 aliphatic heterocycles. The van der Waals surface area contributed by atoms with Crippen LogP contribution in [0.15, 0.2) is 12.1 Å². The molecule has 0 fully saturated rings. The van der Waals surface area contributed by atoms with Crippen molar-refractivity contribution < 1.29 is 13.9 Å². The van der Waals surface area contributed by atoms with Gasteiger partial charge in [0.2, 0.25) is 0 Å². The highest BCUT2D eigenvalue weighted by Crippen LogP contribution is 2.34. The molecule has 2 N–H and O–H groups in total. The van der Waals surface area contributed by atoms with Gasteiger partial charge in [0.25, 0.3) is 0 Å². The van der Waals surface area contributed by atoms with E-state index in [4.69, 9.17) is 15.2 Å². The molecular weight excluding hydrogens is 221 g/mol. The lowest BCUT2D eigenvalue weighted by molar-refractivity contribution is 0.341. The lowest BCUT2D eigenvalue weighted by Crippen LogP contribution is -2.03. The van der Waals surface area contributed by atoms with Crippen LogP contribution in [0.1, 0.15) is 30.6 Å². The Balaban J connectivity index is 3.13. The van der Waals surface area contributed by atoms with Crippen molar-refractivity contribution in [3.05, 3.63) is 23.3 Å². The van der Waals surface area contributed by atoms with Crippen LogP contribution in [0.4, 0.5) is 4.39 Å². The quantitative estimate of drug-likeness (QED) is 0.832. The number of rotatable bonds is 6. The minimum atomic E-state index is -1.08. The Morgan fingerprint density at radius 3 is 2.35 bits per heavy atom. The van der Waals surface area contributed by atoms with Gasteiger partial charge >= 0.3 is 0 Å². The van der Waals surface area contributed by atoms with Gasteiger partial charge in [-0.15, -0.1) is 0 Å². The molecule has 1 rings (SSSR count). The van der Waals surface area contributed by atoms with Gasteiger partial charge in [-0.3, -0.25) is 0 Å². The second-order valence-corrected chi connectivity index (χ2v) is 3.91. The standard InChI is InChI=1S/C13H20FNO2/c1-9(14)11-8-12(16-2)10(5-4-6-15)7-13(11)17-3/h7-9H,4-6,15H2,1-3H3. The molecule has 0 aliphatic carbocycles. The zero-order valence-corrected chi connectivity index (χ0v) is 10.6. The second-order valence-electron chi connectivity index (χ2n) is 3.91. The van der Waals surface area contributed by atoms with Crippen LogP contribution in [0.25, 0.3) is 0 Å². The van der Waals surface area contributed by atoms with E-state index in [-0.39, 0.29) is 0 Å². The highest BCUT2D eigenvalue weighted by molar-refractivity contribution is 5.47. The van der Waals surface area contributed by atoms with Gasteiger partial charge in [-0.2, -0.15) is 0 Å². The molecule has 0 aliphatic rings. The van der Waals surface area contributed by atoms with Gasteiger partial charge in [0, 0.05) is 5.56 Å². The summed E-state index contributed by atoms with van der Waals surface area (Å²) in [4.78, 5) is 0. The fourth-order valence-electron chi connectivity index (χ4n) is 1.78. The molecule has 0 spiro atoms. The van der Waals surface area contributed by atoms with Gasteiger partial charge in [-0.05, 0) is 44.0 Å². The maximum absolute atomic E-state index is 13.4. The topological polar surface area (TPSA) is 44.5 Å². The van der Waals surface area contributed by atoms with E-state index in [0.29, 0.717) is 23.6 Å². The predicted octanol–water partition coefficient (Wildman–Crippen LogP) is 2.63. The number of hydrogen-bond donors (Lipinski definition) is 1. The molecule has 1 aromatic carbocycles. The molecule has 0 radical (unpaired) electrons. The van der Waals surface area contributed by atoms with Crippen molar-refractivity contribution in [1.82, 2.24) is 0 Å². The number of aryl methyl sites for hydroxylation is 1. The number of nitrogens with two attached hydrogens (primary N) is 1. The van der Waals surface area contributed by atoms with E-state index in [1.165, 1.54) is 6.92 Å². The zero-order chi connectivity index (χ0) is 12.8. The molecule has 17 heavy (non-hydrogen) atoms. The summed E-state index contributed by atoms with van der Waals surface area (Å²) in [6.45, 7) is 2.10. The average Bonchev–Trinajstić information content (AvgIpc) is 2.34. The van der Waals surface area contributed by atoms with Crippen LogP contribution < -0.4 is 15.2 Å². The van der Waals surface area contributed by atoms with Crippen molar-refractivity contribution in [1.29, 1.82) is 0 Å². The van der Waals surface area contributed by atoms with E-state index in [1.54, 1.807) is 20.3 Å². The highest BCUT2D eigenvalue weighted by atomic mass is 19.1. The van der Waals surface area contributed by atoms with E-state index in [1.807, 2.05) is 6.07 Å². The summed E-state index contributed by atoms with van der Waals surface area (Å²) in [5, 5.41) is 0. The number of benzene rings is 1. The third-order valence-electron chi connectivity index (χ3n) is 2.71. The number of ether oxygens (including phenoxy) is 2. The maximum atomic E-state index is 13.4. The molecule has 0 saturated heterocycles. The molecule has 0 amide bonds. The Labute approximate surface area is 102 Å². The van der Waals surface area contributed by atoms with Crippen LogP contribution >= 0.6 is 0 Å². The molecule has 4 heteroatoms. The van der Waals surface area contributed by atoms with Crippen molar-refractivity contribution in [2.24, 2.45) is 5.73 Å². The van der Waals surface area contributed by atoms with Gasteiger partial charge in [0.15, 0.2) is 0 Å². The third-order valence-corrected chi connectivity index (χ3v) is 2.71. The molecule has 0 bridgehead atoms. The average molecular weight is 241 g/mol. The van der Waals surface area contributed by atoms with Crippen LogP contribution in [0.5, 0.6) is 11.5 Å². The SMILES string of the molecule is COc1cc(C(C)F)c(OC)cc1CCCN. The lowest BCUT2D eigenvalue weighted by atomic mass is 10.0. The van der Waals surface area contributed by atoms with E-state index in [0.717, 1.165) is 18.4 Å². The lowest BCUT2D eigenvalue weighted by Gasteiger charge is -2.15. The van der Waals surface area contributed by atoms with E-state index in [2.05, 4.69) is 0 Å². The smallest absolute Gasteiger partial charge is 0.126 e. The molecule has 0 heterocycles. The first-order valence-electron chi connectivity index (χ1n) is 5.73. The van der Waals surface area contributed by atoms with Gasteiger partial charge in [0.05, 0.1) is 14.2 Å². The molecule has 1 aromatic rings. The van der Waals surface area contributed by atoms with Crippen molar-refractivity contribution in [3.63, 3.8) is 0 Å². The molecule has 1 atom stereocenters. The van der Waals surface area contributed by atoms with Crippen molar-refractivity contribution in [2.75, 3.05) is 20.8 Å². The number of alkyl halides is 1. The van der Waals surface area contributed by atoms with Gasteiger partial charge in [0.1, 0.15) is 17.7 Å². The molecule has 96 valence electrons. The fraction of sp³-hybridized carbons (Fsp3) is 0.538. The number of hydrogen-bond acceptors (Lipinski definition) is 3.